The van der Waals surface area contributed by atoms with E-state index in [1.807, 2.05) is 42.8 Å². The standard InChI is InChI=1S/C25H27BClN5/c26-21-17-28-32-24(16-23(30-25(21)32)20-8-4-5-9-22(20)27)29-19-11-14-31(15-12-19)13-10-18-6-2-1-3-7-18/h1-9,16-17,19,29H,10-15,26H2. The van der Waals surface area contributed by atoms with E-state index in [0.717, 1.165) is 67.1 Å². The first-order valence-corrected chi connectivity index (χ1v) is 11.7. The third kappa shape index (κ3) is 4.52. The monoisotopic (exact) mass is 443 g/mol. The Morgan fingerprint density at radius 2 is 1.78 bits per heavy atom. The zero-order valence-electron chi connectivity index (χ0n) is 18.3. The van der Waals surface area contributed by atoms with Crippen LogP contribution in [0.5, 0.6) is 0 Å². The molecule has 32 heavy (non-hydrogen) atoms. The summed E-state index contributed by atoms with van der Waals surface area (Å²) in [7, 11) is 2.04. The first-order valence-electron chi connectivity index (χ1n) is 11.3. The number of hydrogen-bond acceptors (Lipinski definition) is 4. The molecule has 1 N–H and O–H groups in total. The van der Waals surface area contributed by atoms with Crippen LogP contribution >= 0.6 is 11.6 Å². The highest BCUT2D eigenvalue weighted by Crippen LogP contribution is 2.29. The highest BCUT2D eigenvalue weighted by atomic mass is 35.5. The van der Waals surface area contributed by atoms with Crippen molar-refractivity contribution in [2.45, 2.75) is 25.3 Å². The lowest BCUT2D eigenvalue weighted by atomic mass is 10.0. The Morgan fingerprint density at radius 3 is 2.56 bits per heavy atom. The molecule has 0 aliphatic carbocycles. The number of hydrogen-bond donors (Lipinski definition) is 1. The Bertz CT molecular complexity index is 1200. The highest BCUT2D eigenvalue weighted by molar-refractivity contribution is 6.36. The number of nitrogens with zero attached hydrogens (tertiary/aromatic N) is 4. The maximum absolute atomic E-state index is 6.47. The van der Waals surface area contributed by atoms with Gasteiger partial charge in [0.1, 0.15) is 13.7 Å². The van der Waals surface area contributed by atoms with Crippen molar-refractivity contribution in [2.24, 2.45) is 0 Å². The van der Waals surface area contributed by atoms with Crippen molar-refractivity contribution in [1.29, 1.82) is 0 Å². The largest absolute Gasteiger partial charge is 0.367 e. The number of nitrogens with one attached hydrogen (secondary N) is 1. The summed E-state index contributed by atoms with van der Waals surface area (Å²) in [6.07, 6.45) is 5.20. The van der Waals surface area contributed by atoms with Crippen LogP contribution in [0.1, 0.15) is 18.4 Å². The Morgan fingerprint density at radius 1 is 1.03 bits per heavy atom. The predicted octanol–water partition coefficient (Wildman–Crippen LogP) is 3.43. The van der Waals surface area contributed by atoms with Crippen molar-refractivity contribution < 1.29 is 0 Å². The Labute approximate surface area is 194 Å². The van der Waals surface area contributed by atoms with Crippen LogP contribution in [0.15, 0.2) is 66.9 Å². The van der Waals surface area contributed by atoms with Gasteiger partial charge >= 0.3 is 0 Å². The third-order valence-corrected chi connectivity index (χ3v) is 6.63. The fourth-order valence-electron chi connectivity index (χ4n) is 4.42. The fraction of sp³-hybridized carbons (Fsp3) is 0.280. The first kappa shape index (κ1) is 21.0. The molecule has 5 nitrogen and oxygen atoms in total. The molecule has 1 aliphatic heterocycles. The molecule has 3 heterocycles. The predicted molar refractivity (Wildman–Crippen MR) is 135 cm³/mol. The SMILES string of the molecule is Bc1cnn2c(NC3CCN(CCc4ccccc4)CC3)cc(-c3ccccc3Cl)nc12. The van der Waals surface area contributed by atoms with Crippen LogP contribution in [0, 0.1) is 0 Å². The van der Waals surface area contributed by atoms with Crippen molar-refractivity contribution in [2.75, 3.05) is 25.0 Å². The molecule has 0 bridgehead atoms. The molecular weight excluding hydrogens is 417 g/mol. The van der Waals surface area contributed by atoms with Crippen LogP contribution in [-0.2, 0) is 6.42 Å². The van der Waals surface area contributed by atoms with Gasteiger partial charge in [-0.2, -0.15) is 9.61 Å². The summed E-state index contributed by atoms with van der Waals surface area (Å²) in [5.41, 5.74) is 5.14. The van der Waals surface area contributed by atoms with Crippen LogP contribution in [0.4, 0.5) is 5.82 Å². The molecule has 4 aromatic rings. The van der Waals surface area contributed by atoms with E-state index in [9.17, 15) is 0 Å². The molecule has 0 saturated carbocycles. The second-order valence-corrected chi connectivity index (χ2v) is 8.97. The maximum Gasteiger partial charge on any atom is 0.151 e. The number of rotatable bonds is 6. The lowest BCUT2D eigenvalue weighted by molar-refractivity contribution is 0.221. The topological polar surface area (TPSA) is 45.5 Å². The van der Waals surface area contributed by atoms with E-state index in [2.05, 4.69) is 51.7 Å². The second-order valence-electron chi connectivity index (χ2n) is 8.57. The minimum Gasteiger partial charge on any atom is -0.367 e. The lowest BCUT2D eigenvalue weighted by Crippen LogP contribution is -2.40. The number of likely N-dealkylation sites (tertiary alicyclic amines) is 1. The van der Waals surface area contributed by atoms with Gasteiger partial charge in [-0.05, 0) is 36.4 Å². The van der Waals surface area contributed by atoms with Crippen molar-refractivity contribution in [3.63, 3.8) is 0 Å². The smallest absolute Gasteiger partial charge is 0.151 e. The van der Waals surface area contributed by atoms with Crippen LogP contribution in [0.2, 0.25) is 5.02 Å². The van der Waals surface area contributed by atoms with Gasteiger partial charge in [-0.25, -0.2) is 4.98 Å². The van der Waals surface area contributed by atoms with Crippen LogP contribution in [0.25, 0.3) is 16.9 Å². The van der Waals surface area contributed by atoms with Crippen molar-refractivity contribution in [3.8, 4) is 11.3 Å². The van der Waals surface area contributed by atoms with Crippen LogP contribution in [0.3, 0.4) is 0 Å². The zero-order chi connectivity index (χ0) is 21.9. The van der Waals surface area contributed by atoms with E-state index in [-0.39, 0.29) is 0 Å². The lowest BCUT2D eigenvalue weighted by Gasteiger charge is -2.33. The summed E-state index contributed by atoms with van der Waals surface area (Å²) in [4.78, 5) is 7.42. The summed E-state index contributed by atoms with van der Waals surface area (Å²) in [6, 6.07) is 21.1. The van der Waals surface area contributed by atoms with Gasteiger partial charge in [-0.1, -0.05) is 60.1 Å². The molecule has 2 aromatic heterocycles. The highest BCUT2D eigenvalue weighted by Gasteiger charge is 2.21. The molecule has 1 fully saturated rings. The molecule has 0 spiro atoms. The number of fused-ring (bicyclic) bond motifs is 1. The Balaban J connectivity index is 1.30. The van der Waals surface area contributed by atoms with Gasteiger partial charge < -0.3 is 10.2 Å². The fourth-order valence-corrected chi connectivity index (χ4v) is 4.66. The van der Waals surface area contributed by atoms with E-state index in [1.165, 1.54) is 5.56 Å². The third-order valence-electron chi connectivity index (χ3n) is 6.30. The quantitative estimate of drug-likeness (QED) is 0.464. The van der Waals surface area contributed by atoms with Gasteiger partial charge in [0, 0.05) is 48.5 Å². The number of aromatic nitrogens is 3. The molecule has 7 heteroatoms. The summed E-state index contributed by atoms with van der Waals surface area (Å²) in [6.45, 7) is 3.33. The molecule has 162 valence electrons. The normalized spacial score (nSPS) is 15.3. The van der Waals surface area contributed by atoms with Gasteiger partial charge in [0.2, 0.25) is 0 Å². The second kappa shape index (κ2) is 9.35. The van der Waals surface area contributed by atoms with E-state index in [1.54, 1.807) is 0 Å². The summed E-state index contributed by atoms with van der Waals surface area (Å²) in [5, 5.41) is 9.03. The first-order chi connectivity index (χ1) is 15.7. The molecular formula is C25H27BClN5. The van der Waals surface area contributed by atoms with Gasteiger partial charge in [0.15, 0.2) is 5.65 Å². The van der Waals surface area contributed by atoms with Gasteiger partial charge in [-0.15, -0.1) is 0 Å². The van der Waals surface area contributed by atoms with Gasteiger partial charge in [0.05, 0.1) is 5.69 Å². The molecule has 5 rings (SSSR count). The Hall–Kier alpha value is -2.83. The number of benzene rings is 2. The summed E-state index contributed by atoms with van der Waals surface area (Å²) < 4.78 is 1.91. The van der Waals surface area contributed by atoms with Gasteiger partial charge in [0.25, 0.3) is 0 Å². The average Bonchev–Trinajstić information content (AvgIpc) is 3.20. The van der Waals surface area contributed by atoms with E-state index < -0.39 is 0 Å². The molecule has 0 atom stereocenters. The summed E-state index contributed by atoms with van der Waals surface area (Å²) >= 11 is 6.47. The van der Waals surface area contributed by atoms with Crippen molar-refractivity contribution in [3.05, 3.63) is 77.4 Å². The van der Waals surface area contributed by atoms with E-state index in [0.29, 0.717) is 11.1 Å². The van der Waals surface area contributed by atoms with Crippen molar-refractivity contribution >= 4 is 36.4 Å². The minimum atomic E-state index is 0.414. The van der Waals surface area contributed by atoms with E-state index in [4.69, 9.17) is 16.6 Å². The minimum absolute atomic E-state index is 0.414. The Kier molecular flexibility index (Phi) is 6.15. The zero-order valence-corrected chi connectivity index (χ0v) is 19.1. The summed E-state index contributed by atoms with van der Waals surface area (Å²) in [5.74, 6) is 0.973. The van der Waals surface area contributed by atoms with Crippen LogP contribution < -0.4 is 10.8 Å². The van der Waals surface area contributed by atoms with Crippen LogP contribution in [-0.4, -0.2) is 53.0 Å². The molecule has 0 amide bonds. The molecule has 0 unspecified atom stereocenters. The molecule has 1 aliphatic rings. The number of anilines is 1. The molecule has 1 saturated heterocycles. The van der Waals surface area contributed by atoms with E-state index >= 15 is 0 Å². The van der Waals surface area contributed by atoms with Gasteiger partial charge in [-0.3, -0.25) is 0 Å². The molecule has 0 radical (unpaired) electrons. The average molecular weight is 444 g/mol. The van der Waals surface area contributed by atoms with Crippen molar-refractivity contribution in [1.82, 2.24) is 19.5 Å². The number of halogens is 1. The molecule has 2 aromatic carbocycles. The maximum atomic E-state index is 6.47. The number of piperidine rings is 1.